The van der Waals surface area contributed by atoms with E-state index in [0.717, 1.165) is 20.9 Å². The second-order valence-electron chi connectivity index (χ2n) is 11.4. The summed E-state index contributed by atoms with van der Waals surface area (Å²) in [5, 5.41) is 0. The molecule has 0 spiro atoms. The molecule has 0 radical (unpaired) electrons. The molecule has 1 saturated carbocycles. The first kappa shape index (κ1) is 26.6. The van der Waals surface area contributed by atoms with Gasteiger partial charge in [-0.05, 0) is 68.7 Å². The number of anilines is 2. The van der Waals surface area contributed by atoms with Gasteiger partial charge in [0, 0.05) is 11.0 Å². The molecule has 2 saturated heterocycles. The zero-order chi connectivity index (χ0) is 28.9. The summed E-state index contributed by atoms with van der Waals surface area (Å²) in [6.45, 7) is 8.88. The predicted molar refractivity (Wildman–Crippen MR) is 150 cm³/mol. The Balaban J connectivity index is 1.60. The van der Waals surface area contributed by atoms with Crippen molar-refractivity contribution in [2.45, 2.75) is 38.9 Å². The highest BCUT2D eigenvalue weighted by Gasteiger charge is 2.81. The Kier molecular flexibility index (Phi) is 5.79. The van der Waals surface area contributed by atoms with Crippen molar-refractivity contribution in [1.29, 1.82) is 0 Å². The van der Waals surface area contributed by atoms with Gasteiger partial charge in [-0.25, -0.2) is 14.6 Å². The van der Waals surface area contributed by atoms with Crippen molar-refractivity contribution >= 4 is 56.9 Å². The van der Waals surface area contributed by atoms with E-state index in [-0.39, 0.29) is 12.2 Å². The highest BCUT2D eigenvalue weighted by atomic mass is 79.9. The third-order valence-electron chi connectivity index (χ3n) is 9.30. The number of halogens is 1. The van der Waals surface area contributed by atoms with Gasteiger partial charge in [0.1, 0.15) is 0 Å². The highest BCUT2D eigenvalue weighted by molar-refractivity contribution is 9.10. The van der Waals surface area contributed by atoms with Crippen LogP contribution in [0.3, 0.4) is 0 Å². The fraction of sp³-hybridized carbons (Fsp3) is 0.387. The van der Waals surface area contributed by atoms with Crippen LogP contribution in [0.4, 0.5) is 11.4 Å². The normalized spacial score (nSPS) is 32.6. The molecule has 2 heterocycles. The van der Waals surface area contributed by atoms with Gasteiger partial charge >= 0.3 is 5.97 Å². The standard InChI is InChI=1S/C31H29BrN2O6/c1-6-40-29(39)20-17(4)31(32)23-21(25(35)33(27(23)37)18-11-7-9-15(2)13-18)30(20,5)22-24(31)28(38)34(26(22)36)19-12-8-10-16(3)14-19/h7-14,21-24H,6H2,1-5H3/t21-,22+,23-,24+,30?,31?. The number of carbonyl (C=O) groups excluding carboxylic acids is 5. The van der Waals surface area contributed by atoms with Gasteiger partial charge in [-0.1, -0.05) is 47.1 Å². The topological polar surface area (TPSA) is 101 Å². The molecule has 3 aliphatic carbocycles. The smallest absolute Gasteiger partial charge is 0.334 e. The van der Waals surface area contributed by atoms with Crippen LogP contribution in [-0.4, -0.2) is 40.5 Å². The van der Waals surface area contributed by atoms with Crippen LogP contribution in [0, 0.1) is 42.9 Å². The van der Waals surface area contributed by atoms with Crippen LogP contribution < -0.4 is 9.80 Å². The molecule has 0 N–H and O–H groups in total. The van der Waals surface area contributed by atoms with Crippen molar-refractivity contribution in [3.05, 3.63) is 70.8 Å². The third kappa shape index (κ3) is 3.09. The van der Waals surface area contributed by atoms with E-state index in [1.807, 2.05) is 26.0 Å². The Morgan fingerprint density at radius 2 is 1.23 bits per heavy atom. The molecule has 6 atom stereocenters. The van der Waals surface area contributed by atoms with Gasteiger partial charge in [-0.15, -0.1) is 0 Å². The quantitative estimate of drug-likeness (QED) is 0.294. The largest absolute Gasteiger partial charge is 0.463 e. The maximum absolute atomic E-state index is 14.3. The molecule has 2 unspecified atom stereocenters. The number of hydrogen-bond donors (Lipinski definition) is 0. The second-order valence-corrected chi connectivity index (χ2v) is 12.7. The number of imide groups is 2. The average molecular weight is 605 g/mol. The molecule has 9 heteroatoms. The minimum absolute atomic E-state index is 0.0910. The van der Waals surface area contributed by atoms with Crippen LogP contribution in [-0.2, 0) is 28.7 Å². The number of benzene rings is 2. The molecular formula is C31H29BrN2O6. The Bertz CT molecular complexity index is 1490. The first-order valence-electron chi connectivity index (χ1n) is 13.4. The summed E-state index contributed by atoms with van der Waals surface area (Å²) in [5.74, 6) is -6.66. The molecule has 3 fully saturated rings. The van der Waals surface area contributed by atoms with Gasteiger partial charge < -0.3 is 4.74 Å². The maximum atomic E-state index is 14.3. The Morgan fingerprint density at radius 3 is 1.62 bits per heavy atom. The molecule has 40 heavy (non-hydrogen) atoms. The van der Waals surface area contributed by atoms with E-state index < -0.39 is 63.0 Å². The number of allylic oxidation sites excluding steroid dienone is 1. The minimum Gasteiger partial charge on any atom is -0.463 e. The van der Waals surface area contributed by atoms with E-state index in [4.69, 9.17) is 4.74 Å². The predicted octanol–water partition coefficient (Wildman–Crippen LogP) is 4.26. The number of carbonyl (C=O) groups is 5. The van der Waals surface area contributed by atoms with E-state index >= 15 is 0 Å². The van der Waals surface area contributed by atoms with E-state index in [2.05, 4.69) is 15.9 Å². The summed E-state index contributed by atoms with van der Waals surface area (Å²) >= 11 is 3.80. The minimum atomic E-state index is -1.46. The molecule has 5 aliphatic rings. The van der Waals surface area contributed by atoms with E-state index in [9.17, 15) is 24.0 Å². The SMILES string of the molecule is CCOC(=O)C1=C(C)C2(Br)[C@@H]3C(=O)N(c4cccc(C)c4)C(=O)[C@H]3C1(C)[C@H]1C(=O)N(c3cccc(C)c3)C(=O)[C@@H]12. The van der Waals surface area contributed by atoms with Crippen LogP contribution in [0.25, 0.3) is 0 Å². The molecule has 206 valence electrons. The Morgan fingerprint density at radius 1 is 0.800 bits per heavy atom. The summed E-state index contributed by atoms with van der Waals surface area (Å²) < 4.78 is 4.01. The average Bonchev–Trinajstić information content (AvgIpc) is 3.33. The lowest BCUT2D eigenvalue weighted by molar-refractivity contribution is -0.152. The maximum Gasteiger partial charge on any atom is 0.334 e. The first-order chi connectivity index (χ1) is 18.9. The first-order valence-corrected chi connectivity index (χ1v) is 14.2. The van der Waals surface area contributed by atoms with Crippen LogP contribution in [0.1, 0.15) is 31.9 Å². The molecule has 0 aromatic heterocycles. The van der Waals surface area contributed by atoms with Crippen molar-refractivity contribution in [2.24, 2.45) is 29.1 Å². The zero-order valence-corrected chi connectivity index (χ0v) is 24.4. The van der Waals surface area contributed by atoms with Gasteiger partial charge in [0.2, 0.25) is 23.6 Å². The molecule has 7 rings (SSSR count). The van der Waals surface area contributed by atoms with Crippen LogP contribution in [0.5, 0.6) is 0 Å². The number of alkyl halides is 1. The van der Waals surface area contributed by atoms with Crippen molar-refractivity contribution in [3.63, 3.8) is 0 Å². The molecule has 2 aromatic rings. The summed E-state index contributed by atoms with van der Waals surface area (Å²) in [7, 11) is 0. The highest BCUT2D eigenvalue weighted by Crippen LogP contribution is 2.72. The summed E-state index contributed by atoms with van der Waals surface area (Å²) in [6, 6.07) is 14.1. The van der Waals surface area contributed by atoms with Crippen molar-refractivity contribution < 1.29 is 28.7 Å². The van der Waals surface area contributed by atoms with E-state index in [1.165, 1.54) is 0 Å². The van der Waals surface area contributed by atoms with Crippen molar-refractivity contribution in [3.8, 4) is 0 Å². The van der Waals surface area contributed by atoms with Crippen molar-refractivity contribution in [2.75, 3.05) is 16.4 Å². The Hall–Kier alpha value is -3.59. The number of amides is 4. The summed E-state index contributed by atoms with van der Waals surface area (Å²) in [5.41, 5.74) is 1.76. The molecule has 4 amide bonds. The van der Waals surface area contributed by atoms with Crippen LogP contribution in [0.15, 0.2) is 59.7 Å². The fourth-order valence-corrected chi connectivity index (χ4v) is 8.89. The van der Waals surface area contributed by atoms with Gasteiger partial charge in [-0.3, -0.25) is 19.2 Å². The molecule has 2 aromatic carbocycles. The van der Waals surface area contributed by atoms with E-state index in [1.54, 1.807) is 57.2 Å². The number of esters is 1. The number of nitrogens with zero attached hydrogens (tertiary/aromatic N) is 2. The second kappa shape index (κ2) is 8.70. The van der Waals surface area contributed by atoms with E-state index in [0.29, 0.717) is 16.9 Å². The Labute approximate surface area is 240 Å². The number of ether oxygens (including phenoxy) is 1. The van der Waals surface area contributed by atoms with Gasteiger partial charge in [0.25, 0.3) is 0 Å². The zero-order valence-electron chi connectivity index (χ0n) is 22.9. The molecule has 2 aliphatic heterocycles. The number of rotatable bonds is 4. The lowest BCUT2D eigenvalue weighted by atomic mass is 9.43. The molecule has 2 bridgehead atoms. The number of hydrogen-bond acceptors (Lipinski definition) is 6. The summed E-state index contributed by atoms with van der Waals surface area (Å²) in [6.07, 6.45) is 0. The number of aryl methyl sites for hydroxylation is 2. The fourth-order valence-electron chi connectivity index (χ4n) is 7.77. The third-order valence-corrected chi connectivity index (χ3v) is 10.9. The van der Waals surface area contributed by atoms with Crippen molar-refractivity contribution in [1.82, 2.24) is 0 Å². The van der Waals surface area contributed by atoms with Gasteiger partial charge in [-0.2, -0.15) is 0 Å². The molecular weight excluding hydrogens is 576 g/mol. The monoisotopic (exact) mass is 604 g/mol. The van der Waals surface area contributed by atoms with Crippen LogP contribution in [0.2, 0.25) is 0 Å². The summed E-state index contributed by atoms with van der Waals surface area (Å²) in [4.78, 5) is 73.0. The lowest BCUT2D eigenvalue weighted by Crippen LogP contribution is -2.67. The molecule has 8 nitrogen and oxygen atoms in total. The van der Waals surface area contributed by atoms with Gasteiger partial charge in [0.05, 0.1) is 46.0 Å². The van der Waals surface area contributed by atoms with Gasteiger partial charge in [0.15, 0.2) is 0 Å². The van der Waals surface area contributed by atoms with Crippen LogP contribution >= 0.6 is 15.9 Å². The lowest BCUT2D eigenvalue weighted by Gasteiger charge is -2.59.